The largest absolute Gasteiger partial charge is 0.491 e. The number of rotatable bonds is 7. The van der Waals surface area contributed by atoms with Gasteiger partial charge in [0.25, 0.3) is 0 Å². The van der Waals surface area contributed by atoms with Gasteiger partial charge in [0.1, 0.15) is 18.5 Å². The maximum atomic E-state index is 11.8. The Morgan fingerprint density at radius 1 is 1.35 bits per heavy atom. The Bertz CT molecular complexity index is 602. The van der Waals surface area contributed by atoms with Gasteiger partial charge in [0.2, 0.25) is 0 Å². The Morgan fingerprint density at radius 2 is 2.09 bits per heavy atom. The van der Waals surface area contributed by atoms with E-state index in [1.165, 1.54) is 11.3 Å². The summed E-state index contributed by atoms with van der Waals surface area (Å²) in [7, 11) is 3.78. The van der Waals surface area contributed by atoms with Crippen molar-refractivity contribution in [1.82, 2.24) is 9.88 Å². The van der Waals surface area contributed by atoms with Crippen LogP contribution < -0.4 is 15.4 Å². The van der Waals surface area contributed by atoms with E-state index in [0.29, 0.717) is 23.1 Å². The molecule has 1 atom stereocenters. The second kappa shape index (κ2) is 8.47. The number of hydrogen-bond donors (Lipinski definition) is 3. The first-order valence-electron chi connectivity index (χ1n) is 7.06. The van der Waals surface area contributed by atoms with Crippen LogP contribution in [-0.4, -0.2) is 54.4 Å². The fraction of sp³-hybridized carbons (Fsp3) is 0.333. The van der Waals surface area contributed by atoms with Crippen molar-refractivity contribution in [2.75, 3.05) is 37.9 Å². The summed E-state index contributed by atoms with van der Waals surface area (Å²) in [6.07, 6.45) is 1.07. The summed E-state index contributed by atoms with van der Waals surface area (Å²) in [6, 6.07) is 6.59. The van der Waals surface area contributed by atoms with Crippen molar-refractivity contribution in [3.63, 3.8) is 0 Å². The van der Waals surface area contributed by atoms with Gasteiger partial charge < -0.3 is 20.1 Å². The van der Waals surface area contributed by atoms with E-state index < -0.39 is 6.10 Å². The SMILES string of the molecule is CN(C)CC(O)COc1ccc(NC(=O)Nc2nccs2)cc1. The van der Waals surface area contributed by atoms with Crippen LogP contribution in [0.15, 0.2) is 35.8 Å². The summed E-state index contributed by atoms with van der Waals surface area (Å²) in [4.78, 5) is 17.6. The van der Waals surface area contributed by atoms with Gasteiger partial charge in [-0.15, -0.1) is 11.3 Å². The normalized spacial score (nSPS) is 12.0. The Kier molecular flexibility index (Phi) is 6.33. The predicted molar refractivity (Wildman–Crippen MR) is 91.3 cm³/mol. The van der Waals surface area contributed by atoms with Crippen LogP contribution in [0.3, 0.4) is 0 Å². The lowest BCUT2D eigenvalue weighted by atomic mass is 10.3. The van der Waals surface area contributed by atoms with E-state index >= 15 is 0 Å². The minimum atomic E-state index is -0.549. The number of hydrogen-bond acceptors (Lipinski definition) is 6. The molecule has 3 N–H and O–H groups in total. The van der Waals surface area contributed by atoms with Crippen LogP contribution in [0.1, 0.15) is 0 Å². The minimum absolute atomic E-state index is 0.218. The highest BCUT2D eigenvalue weighted by Gasteiger charge is 2.07. The Balaban J connectivity index is 1.78. The van der Waals surface area contributed by atoms with Gasteiger partial charge >= 0.3 is 6.03 Å². The lowest BCUT2D eigenvalue weighted by Crippen LogP contribution is -2.30. The highest BCUT2D eigenvalue weighted by atomic mass is 32.1. The molecule has 2 amide bonds. The molecule has 8 heteroatoms. The summed E-state index contributed by atoms with van der Waals surface area (Å²) in [5.41, 5.74) is 0.639. The molecule has 0 spiro atoms. The highest BCUT2D eigenvalue weighted by molar-refractivity contribution is 7.13. The first kappa shape index (κ1) is 17.2. The van der Waals surface area contributed by atoms with Crippen LogP contribution in [0.4, 0.5) is 15.6 Å². The molecule has 0 saturated carbocycles. The zero-order chi connectivity index (χ0) is 16.7. The van der Waals surface area contributed by atoms with Gasteiger partial charge in [-0.25, -0.2) is 9.78 Å². The fourth-order valence-corrected chi connectivity index (χ4v) is 2.37. The van der Waals surface area contributed by atoms with Crippen LogP contribution in [0.25, 0.3) is 0 Å². The van der Waals surface area contributed by atoms with Gasteiger partial charge in [0.15, 0.2) is 5.13 Å². The molecule has 124 valence electrons. The molecular weight excluding hydrogens is 316 g/mol. The number of ether oxygens (including phenoxy) is 1. The van der Waals surface area contributed by atoms with E-state index in [-0.39, 0.29) is 12.6 Å². The van der Waals surface area contributed by atoms with Crippen molar-refractivity contribution in [2.24, 2.45) is 0 Å². The third-order valence-electron chi connectivity index (χ3n) is 2.78. The number of likely N-dealkylation sites (N-methyl/N-ethyl adjacent to an activating group) is 1. The van der Waals surface area contributed by atoms with Crippen LogP contribution in [-0.2, 0) is 0 Å². The molecule has 2 aromatic rings. The highest BCUT2D eigenvalue weighted by Crippen LogP contribution is 2.17. The van der Waals surface area contributed by atoms with Crippen LogP contribution in [0.5, 0.6) is 5.75 Å². The minimum Gasteiger partial charge on any atom is -0.491 e. The Morgan fingerprint density at radius 3 is 2.70 bits per heavy atom. The van der Waals surface area contributed by atoms with Crippen molar-refractivity contribution >= 4 is 28.2 Å². The molecule has 23 heavy (non-hydrogen) atoms. The third kappa shape index (κ3) is 6.23. The number of carbonyl (C=O) groups excluding carboxylic acids is 1. The van der Waals surface area contributed by atoms with Gasteiger partial charge in [-0.1, -0.05) is 0 Å². The van der Waals surface area contributed by atoms with Crippen molar-refractivity contribution in [3.05, 3.63) is 35.8 Å². The molecule has 0 aliphatic rings. The first-order valence-corrected chi connectivity index (χ1v) is 7.94. The fourth-order valence-electron chi connectivity index (χ4n) is 1.85. The number of anilines is 2. The van der Waals surface area contributed by atoms with E-state index in [4.69, 9.17) is 4.74 Å². The number of nitrogens with one attached hydrogen (secondary N) is 2. The number of carbonyl (C=O) groups is 1. The van der Waals surface area contributed by atoms with Crippen molar-refractivity contribution in [2.45, 2.75) is 6.10 Å². The third-order valence-corrected chi connectivity index (χ3v) is 3.47. The lowest BCUT2D eigenvalue weighted by Gasteiger charge is -2.16. The monoisotopic (exact) mass is 336 g/mol. The summed E-state index contributed by atoms with van der Waals surface area (Å²) in [6.45, 7) is 0.756. The summed E-state index contributed by atoms with van der Waals surface area (Å²) in [5, 5.41) is 17.4. The second-order valence-electron chi connectivity index (χ2n) is 5.17. The lowest BCUT2D eigenvalue weighted by molar-refractivity contribution is 0.0831. The molecule has 1 heterocycles. The topological polar surface area (TPSA) is 86.7 Å². The van der Waals surface area contributed by atoms with Gasteiger partial charge in [0, 0.05) is 23.8 Å². The van der Waals surface area contributed by atoms with Gasteiger partial charge in [-0.05, 0) is 38.4 Å². The van der Waals surface area contributed by atoms with Crippen molar-refractivity contribution in [1.29, 1.82) is 0 Å². The molecule has 7 nitrogen and oxygen atoms in total. The molecular formula is C15H20N4O3S. The zero-order valence-electron chi connectivity index (χ0n) is 13.0. The predicted octanol–water partition coefficient (Wildman–Crippen LogP) is 2.09. The number of nitrogens with zero attached hydrogens (tertiary/aromatic N) is 2. The van der Waals surface area contributed by atoms with E-state index in [0.717, 1.165) is 0 Å². The Labute approximate surface area is 138 Å². The summed E-state index contributed by atoms with van der Waals surface area (Å²) in [5.74, 6) is 0.633. The standard InChI is InChI=1S/C15H20N4O3S/c1-19(2)9-12(20)10-22-13-5-3-11(4-6-13)17-14(21)18-15-16-7-8-23-15/h3-8,12,20H,9-10H2,1-2H3,(H2,16,17,18,21). The molecule has 2 rings (SSSR count). The molecule has 0 saturated heterocycles. The number of aliphatic hydroxyl groups is 1. The number of urea groups is 1. The van der Waals surface area contributed by atoms with E-state index in [1.54, 1.807) is 35.8 Å². The smallest absolute Gasteiger partial charge is 0.325 e. The Hall–Kier alpha value is -2.16. The van der Waals surface area contributed by atoms with Gasteiger partial charge in [0.05, 0.1) is 0 Å². The summed E-state index contributed by atoms with van der Waals surface area (Å²) >= 11 is 1.35. The number of benzene rings is 1. The molecule has 0 aliphatic carbocycles. The van der Waals surface area contributed by atoms with Crippen LogP contribution in [0, 0.1) is 0 Å². The molecule has 0 radical (unpaired) electrons. The number of aromatic nitrogens is 1. The maximum Gasteiger partial charge on any atom is 0.325 e. The number of thiazole rings is 1. The molecule has 1 aromatic carbocycles. The van der Waals surface area contributed by atoms with Gasteiger partial charge in [-0.3, -0.25) is 5.32 Å². The quantitative estimate of drug-likeness (QED) is 0.721. The molecule has 0 bridgehead atoms. The average molecular weight is 336 g/mol. The maximum absolute atomic E-state index is 11.8. The molecule has 1 aromatic heterocycles. The molecule has 1 unspecified atom stereocenters. The zero-order valence-corrected chi connectivity index (χ0v) is 13.8. The van der Waals surface area contributed by atoms with Crippen molar-refractivity contribution in [3.8, 4) is 5.75 Å². The van der Waals surface area contributed by atoms with E-state index in [9.17, 15) is 9.90 Å². The number of amides is 2. The van der Waals surface area contributed by atoms with Gasteiger partial charge in [-0.2, -0.15) is 0 Å². The van der Waals surface area contributed by atoms with E-state index in [1.807, 2.05) is 19.0 Å². The average Bonchev–Trinajstić information content (AvgIpc) is 2.98. The van der Waals surface area contributed by atoms with Crippen LogP contribution >= 0.6 is 11.3 Å². The second-order valence-corrected chi connectivity index (χ2v) is 6.06. The summed E-state index contributed by atoms with van der Waals surface area (Å²) < 4.78 is 5.50. The number of aliphatic hydroxyl groups excluding tert-OH is 1. The molecule has 0 fully saturated rings. The molecule has 0 aliphatic heterocycles. The first-order chi connectivity index (χ1) is 11.0. The van der Waals surface area contributed by atoms with E-state index in [2.05, 4.69) is 15.6 Å². The van der Waals surface area contributed by atoms with Crippen molar-refractivity contribution < 1.29 is 14.6 Å². The van der Waals surface area contributed by atoms with Crippen LogP contribution in [0.2, 0.25) is 0 Å².